The minimum Gasteiger partial charge on any atom is -0.375 e. The molecule has 4 nitrogen and oxygen atoms in total. The maximum atomic E-state index is 12.9. The van der Waals surface area contributed by atoms with Gasteiger partial charge in [-0.2, -0.15) is 0 Å². The summed E-state index contributed by atoms with van der Waals surface area (Å²) in [6.07, 6.45) is 2.79. The number of nitrogens with zero attached hydrogens (tertiary/aromatic N) is 1. The summed E-state index contributed by atoms with van der Waals surface area (Å²) in [6, 6.07) is 6.51. The van der Waals surface area contributed by atoms with E-state index in [4.69, 9.17) is 4.74 Å². The first-order chi connectivity index (χ1) is 11.5. The molecule has 0 saturated heterocycles. The van der Waals surface area contributed by atoms with Crippen LogP contribution in [-0.2, 0) is 11.2 Å². The Bertz CT molecular complexity index is 693. The predicted octanol–water partition coefficient (Wildman–Crippen LogP) is 3.56. The van der Waals surface area contributed by atoms with Crippen molar-refractivity contribution >= 4 is 17.2 Å². The van der Waals surface area contributed by atoms with Gasteiger partial charge >= 0.3 is 0 Å². The van der Waals surface area contributed by atoms with Crippen LogP contribution in [0.4, 0.5) is 4.39 Å². The van der Waals surface area contributed by atoms with Gasteiger partial charge in [0.05, 0.1) is 17.2 Å². The van der Waals surface area contributed by atoms with Gasteiger partial charge in [0.2, 0.25) is 0 Å². The Morgan fingerprint density at radius 1 is 1.38 bits per heavy atom. The number of aromatic nitrogens is 1. The molecule has 1 amide bonds. The average molecular weight is 348 g/mol. The third-order valence-electron chi connectivity index (χ3n) is 3.95. The predicted molar refractivity (Wildman–Crippen MR) is 91.8 cm³/mol. The lowest BCUT2D eigenvalue weighted by atomic mass is 9.89. The number of amides is 1. The van der Waals surface area contributed by atoms with Crippen LogP contribution in [0.5, 0.6) is 0 Å². The van der Waals surface area contributed by atoms with Gasteiger partial charge in [-0.15, -0.1) is 11.3 Å². The smallest absolute Gasteiger partial charge is 0.270 e. The Hall–Kier alpha value is -1.79. The molecule has 0 aliphatic heterocycles. The first-order valence-electron chi connectivity index (χ1n) is 8.15. The maximum Gasteiger partial charge on any atom is 0.270 e. The summed E-state index contributed by atoms with van der Waals surface area (Å²) in [7, 11) is 0. The standard InChI is InChI=1S/C18H21FN2O2S/c1-11(2)23-15-8-14(9-15)20-18(22)16-10-24-17(21-16)7-12-3-5-13(19)6-4-12/h3-6,10-11,14-15H,7-9H2,1-2H3,(H,20,22). The average Bonchev–Trinajstić information content (AvgIpc) is 2.95. The molecule has 6 heteroatoms. The number of thiazole rings is 1. The van der Waals surface area contributed by atoms with Crippen molar-refractivity contribution in [3.05, 3.63) is 51.7 Å². The van der Waals surface area contributed by atoms with Crippen molar-refractivity contribution in [2.24, 2.45) is 0 Å². The summed E-state index contributed by atoms with van der Waals surface area (Å²) < 4.78 is 18.6. The van der Waals surface area contributed by atoms with Crippen LogP contribution >= 0.6 is 11.3 Å². The normalized spacial score (nSPS) is 20.0. The van der Waals surface area contributed by atoms with Crippen molar-refractivity contribution in [3.63, 3.8) is 0 Å². The molecular weight excluding hydrogens is 327 g/mol. The molecule has 1 aromatic heterocycles. The van der Waals surface area contributed by atoms with Crippen LogP contribution in [0.15, 0.2) is 29.6 Å². The van der Waals surface area contributed by atoms with E-state index in [2.05, 4.69) is 10.3 Å². The molecule has 3 rings (SSSR count). The molecule has 1 saturated carbocycles. The third kappa shape index (κ3) is 4.39. The van der Waals surface area contributed by atoms with E-state index in [0.29, 0.717) is 12.1 Å². The van der Waals surface area contributed by atoms with Crippen LogP contribution < -0.4 is 5.32 Å². The zero-order valence-electron chi connectivity index (χ0n) is 13.8. The number of rotatable bonds is 6. The number of hydrogen-bond donors (Lipinski definition) is 1. The molecule has 1 N–H and O–H groups in total. The highest BCUT2D eigenvalue weighted by Crippen LogP contribution is 2.25. The van der Waals surface area contributed by atoms with Crippen LogP contribution in [0.2, 0.25) is 0 Å². The Morgan fingerprint density at radius 2 is 2.08 bits per heavy atom. The van der Waals surface area contributed by atoms with Gasteiger partial charge < -0.3 is 10.1 Å². The molecule has 0 atom stereocenters. The van der Waals surface area contributed by atoms with E-state index >= 15 is 0 Å². The number of nitrogens with one attached hydrogen (secondary N) is 1. The van der Waals surface area contributed by atoms with E-state index in [9.17, 15) is 9.18 Å². The van der Waals surface area contributed by atoms with Crippen molar-refractivity contribution in [1.29, 1.82) is 0 Å². The zero-order chi connectivity index (χ0) is 17.1. The fraction of sp³-hybridized carbons (Fsp3) is 0.444. The Labute approximate surface area is 145 Å². The van der Waals surface area contributed by atoms with Crippen molar-refractivity contribution in [2.45, 2.75) is 51.4 Å². The summed E-state index contributed by atoms with van der Waals surface area (Å²) in [4.78, 5) is 16.6. The summed E-state index contributed by atoms with van der Waals surface area (Å²) in [5, 5.41) is 5.62. The van der Waals surface area contributed by atoms with Crippen LogP contribution in [0, 0.1) is 5.82 Å². The number of carbonyl (C=O) groups excluding carboxylic acids is 1. The number of ether oxygens (including phenoxy) is 1. The van der Waals surface area contributed by atoms with E-state index in [0.717, 1.165) is 23.4 Å². The molecule has 0 unspecified atom stereocenters. The summed E-state index contributed by atoms with van der Waals surface area (Å²) in [5.74, 6) is -0.386. The highest BCUT2D eigenvalue weighted by molar-refractivity contribution is 7.09. The van der Waals surface area contributed by atoms with Crippen molar-refractivity contribution < 1.29 is 13.9 Å². The van der Waals surface area contributed by atoms with Gasteiger partial charge in [0.1, 0.15) is 11.5 Å². The topological polar surface area (TPSA) is 51.2 Å². The number of carbonyl (C=O) groups is 1. The number of hydrogen-bond acceptors (Lipinski definition) is 4. The molecule has 1 aliphatic carbocycles. The second kappa shape index (κ2) is 7.40. The molecule has 0 radical (unpaired) electrons. The molecule has 1 aromatic carbocycles. The Morgan fingerprint density at radius 3 is 2.75 bits per heavy atom. The van der Waals surface area contributed by atoms with Crippen LogP contribution in [-0.4, -0.2) is 29.1 Å². The van der Waals surface area contributed by atoms with E-state index in [-0.39, 0.29) is 30.0 Å². The molecular formula is C18H21FN2O2S. The molecule has 1 aliphatic rings. The Balaban J connectivity index is 1.50. The fourth-order valence-electron chi connectivity index (χ4n) is 2.71. The zero-order valence-corrected chi connectivity index (χ0v) is 14.6. The van der Waals surface area contributed by atoms with Crippen LogP contribution in [0.25, 0.3) is 0 Å². The highest BCUT2D eigenvalue weighted by atomic mass is 32.1. The molecule has 24 heavy (non-hydrogen) atoms. The van der Waals surface area contributed by atoms with E-state index in [1.54, 1.807) is 17.5 Å². The lowest BCUT2D eigenvalue weighted by Gasteiger charge is -2.36. The third-order valence-corrected chi connectivity index (χ3v) is 4.80. The minimum absolute atomic E-state index is 0.135. The van der Waals surface area contributed by atoms with E-state index < -0.39 is 0 Å². The number of halogens is 1. The fourth-order valence-corrected chi connectivity index (χ4v) is 3.52. The van der Waals surface area contributed by atoms with Gasteiger partial charge in [-0.25, -0.2) is 9.37 Å². The molecule has 1 fully saturated rings. The van der Waals surface area contributed by atoms with Gasteiger partial charge in [-0.05, 0) is 44.4 Å². The van der Waals surface area contributed by atoms with Crippen LogP contribution in [0.1, 0.15) is 47.7 Å². The lowest BCUT2D eigenvalue weighted by Crippen LogP contribution is -2.48. The first kappa shape index (κ1) is 17.0. The van der Waals surface area contributed by atoms with Gasteiger partial charge in [0.15, 0.2) is 0 Å². The SMILES string of the molecule is CC(C)OC1CC(NC(=O)c2csc(Cc3ccc(F)cc3)n2)C1. The number of benzene rings is 1. The van der Waals surface area contributed by atoms with Gasteiger partial charge in [-0.1, -0.05) is 12.1 Å². The highest BCUT2D eigenvalue weighted by Gasteiger charge is 2.32. The van der Waals surface area contributed by atoms with Crippen LogP contribution in [0.3, 0.4) is 0 Å². The van der Waals surface area contributed by atoms with Crippen molar-refractivity contribution in [3.8, 4) is 0 Å². The first-order valence-corrected chi connectivity index (χ1v) is 9.02. The second-order valence-electron chi connectivity index (χ2n) is 6.38. The van der Waals surface area contributed by atoms with Crippen molar-refractivity contribution in [2.75, 3.05) is 0 Å². The quantitative estimate of drug-likeness (QED) is 0.868. The molecule has 0 spiro atoms. The lowest BCUT2D eigenvalue weighted by molar-refractivity contribution is -0.0482. The summed E-state index contributed by atoms with van der Waals surface area (Å²) in [5.41, 5.74) is 1.43. The monoisotopic (exact) mass is 348 g/mol. The van der Waals surface area contributed by atoms with E-state index in [1.807, 2.05) is 13.8 Å². The second-order valence-corrected chi connectivity index (χ2v) is 7.32. The summed E-state index contributed by atoms with van der Waals surface area (Å²) >= 11 is 1.45. The van der Waals surface area contributed by atoms with Crippen molar-refractivity contribution in [1.82, 2.24) is 10.3 Å². The molecule has 2 aromatic rings. The Kier molecular flexibility index (Phi) is 5.26. The molecule has 0 bridgehead atoms. The van der Waals surface area contributed by atoms with Gasteiger partial charge in [-0.3, -0.25) is 4.79 Å². The van der Waals surface area contributed by atoms with Gasteiger partial charge in [0, 0.05) is 17.8 Å². The maximum absolute atomic E-state index is 12.9. The summed E-state index contributed by atoms with van der Waals surface area (Å²) in [6.45, 7) is 4.04. The molecule has 1 heterocycles. The van der Waals surface area contributed by atoms with Gasteiger partial charge in [0.25, 0.3) is 5.91 Å². The molecule has 128 valence electrons. The largest absolute Gasteiger partial charge is 0.375 e. The van der Waals surface area contributed by atoms with E-state index in [1.165, 1.54) is 23.5 Å². The minimum atomic E-state index is -0.252.